The Bertz CT molecular complexity index is 679. The summed E-state index contributed by atoms with van der Waals surface area (Å²) in [6.07, 6.45) is 1.66. The molecule has 0 aliphatic heterocycles. The van der Waals surface area contributed by atoms with E-state index >= 15 is 0 Å². The Balaban J connectivity index is 0.00000264. The Kier molecular flexibility index (Phi) is 9.36. The van der Waals surface area contributed by atoms with Gasteiger partial charge in [-0.1, -0.05) is 12.1 Å². The molecule has 132 valence electrons. The van der Waals surface area contributed by atoms with Gasteiger partial charge in [-0.15, -0.1) is 24.8 Å². The molecule has 0 spiro atoms. The summed E-state index contributed by atoms with van der Waals surface area (Å²) in [5.74, 6) is 1.10. The van der Waals surface area contributed by atoms with Crippen LogP contribution in [0.1, 0.15) is 23.6 Å². The Labute approximate surface area is 154 Å². The first-order chi connectivity index (χ1) is 10.5. The van der Waals surface area contributed by atoms with E-state index in [9.17, 15) is 4.79 Å². The fourth-order valence-electron chi connectivity index (χ4n) is 1.91. The van der Waals surface area contributed by atoms with Crippen LogP contribution in [-0.4, -0.2) is 16.9 Å². The van der Waals surface area contributed by atoms with Gasteiger partial charge in [-0.25, -0.2) is 4.98 Å². The molecule has 24 heavy (non-hydrogen) atoms. The third kappa shape index (κ3) is 6.00. The van der Waals surface area contributed by atoms with E-state index in [0.29, 0.717) is 12.4 Å². The fraction of sp³-hybridized carbons (Fsp3) is 0.294. The third-order valence-electron chi connectivity index (χ3n) is 3.45. The monoisotopic (exact) mass is 371 g/mol. The molecule has 1 aromatic carbocycles. The summed E-state index contributed by atoms with van der Waals surface area (Å²) in [6.45, 7) is 6.09. The Hall–Kier alpha value is -1.82. The summed E-state index contributed by atoms with van der Waals surface area (Å²) in [5, 5.41) is 2.76. The molecule has 0 bridgehead atoms. The van der Waals surface area contributed by atoms with Gasteiger partial charge in [0.15, 0.2) is 0 Å². The molecule has 0 unspecified atom stereocenters. The highest BCUT2D eigenvalue weighted by atomic mass is 35.5. The zero-order valence-corrected chi connectivity index (χ0v) is 15.5. The van der Waals surface area contributed by atoms with Gasteiger partial charge in [0.25, 0.3) is 0 Å². The van der Waals surface area contributed by atoms with Crippen molar-refractivity contribution in [1.82, 2.24) is 10.3 Å². The van der Waals surface area contributed by atoms with Gasteiger partial charge >= 0.3 is 0 Å². The van der Waals surface area contributed by atoms with Crippen molar-refractivity contribution in [3.8, 4) is 11.6 Å². The van der Waals surface area contributed by atoms with Gasteiger partial charge in [-0.05, 0) is 49.6 Å². The summed E-state index contributed by atoms with van der Waals surface area (Å²) >= 11 is 0. The minimum Gasteiger partial charge on any atom is -0.439 e. The summed E-state index contributed by atoms with van der Waals surface area (Å²) in [6, 6.07) is 9.02. The molecule has 0 radical (unpaired) electrons. The number of nitrogens with two attached hydrogens (primary N) is 1. The van der Waals surface area contributed by atoms with Gasteiger partial charge in [-0.3, -0.25) is 4.79 Å². The van der Waals surface area contributed by atoms with Crippen molar-refractivity contribution in [2.24, 2.45) is 5.73 Å². The minimum atomic E-state index is -0.521. The number of pyridine rings is 1. The van der Waals surface area contributed by atoms with Crippen LogP contribution < -0.4 is 15.8 Å². The number of aryl methyl sites for hydroxylation is 1. The first kappa shape index (κ1) is 22.2. The van der Waals surface area contributed by atoms with E-state index in [4.69, 9.17) is 10.5 Å². The van der Waals surface area contributed by atoms with Crippen LogP contribution in [0.5, 0.6) is 11.6 Å². The Morgan fingerprint density at radius 1 is 1.29 bits per heavy atom. The van der Waals surface area contributed by atoms with Crippen LogP contribution in [0, 0.1) is 13.8 Å². The Morgan fingerprint density at radius 3 is 2.67 bits per heavy atom. The maximum Gasteiger partial charge on any atom is 0.236 e. The third-order valence-corrected chi connectivity index (χ3v) is 3.45. The number of aromatic nitrogens is 1. The molecule has 1 atom stereocenters. The lowest BCUT2D eigenvalue weighted by Gasteiger charge is -2.11. The largest absolute Gasteiger partial charge is 0.439 e. The van der Waals surface area contributed by atoms with Crippen LogP contribution in [-0.2, 0) is 11.3 Å². The number of benzene rings is 1. The highest BCUT2D eigenvalue weighted by molar-refractivity contribution is 5.85. The molecule has 1 amide bonds. The molecule has 5 nitrogen and oxygen atoms in total. The average Bonchev–Trinajstić information content (AvgIpc) is 2.50. The number of hydrogen-bond acceptors (Lipinski definition) is 4. The van der Waals surface area contributed by atoms with Crippen LogP contribution in [0.2, 0.25) is 0 Å². The summed E-state index contributed by atoms with van der Waals surface area (Å²) < 4.78 is 5.84. The first-order valence-corrected chi connectivity index (χ1v) is 7.19. The maximum atomic E-state index is 11.5. The maximum absolute atomic E-state index is 11.5. The highest BCUT2D eigenvalue weighted by Gasteiger charge is 2.08. The lowest BCUT2D eigenvalue weighted by atomic mass is 10.1. The SMILES string of the molecule is Cc1cccc(Oc2cc(CNC(=O)[C@@H](C)N)ccn2)c1C.Cl.Cl. The Morgan fingerprint density at radius 2 is 2.00 bits per heavy atom. The van der Waals surface area contributed by atoms with Crippen molar-refractivity contribution in [2.75, 3.05) is 0 Å². The van der Waals surface area contributed by atoms with Crippen LogP contribution >= 0.6 is 24.8 Å². The van der Waals surface area contributed by atoms with Gasteiger partial charge in [0, 0.05) is 18.8 Å². The number of nitrogens with one attached hydrogen (secondary N) is 1. The molecule has 0 aliphatic carbocycles. The van der Waals surface area contributed by atoms with E-state index in [1.807, 2.05) is 44.2 Å². The van der Waals surface area contributed by atoms with E-state index in [1.165, 1.54) is 0 Å². The van der Waals surface area contributed by atoms with E-state index in [0.717, 1.165) is 22.4 Å². The fourth-order valence-corrected chi connectivity index (χ4v) is 1.91. The average molecular weight is 372 g/mol. The van der Waals surface area contributed by atoms with Crippen LogP contribution in [0.4, 0.5) is 0 Å². The van der Waals surface area contributed by atoms with Crippen molar-refractivity contribution in [3.63, 3.8) is 0 Å². The van der Waals surface area contributed by atoms with E-state index in [1.54, 1.807) is 13.1 Å². The molecule has 0 saturated heterocycles. The predicted molar refractivity (Wildman–Crippen MR) is 100 cm³/mol. The van der Waals surface area contributed by atoms with Crippen LogP contribution in [0.25, 0.3) is 0 Å². The molecule has 2 rings (SSSR count). The molecular weight excluding hydrogens is 349 g/mol. The molecule has 0 aliphatic rings. The number of carbonyl (C=O) groups is 1. The number of ether oxygens (including phenoxy) is 1. The van der Waals surface area contributed by atoms with E-state index in [2.05, 4.69) is 10.3 Å². The van der Waals surface area contributed by atoms with Crippen molar-refractivity contribution < 1.29 is 9.53 Å². The molecule has 3 N–H and O–H groups in total. The number of amides is 1. The standard InChI is InChI=1S/C17H21N3O2.2ClH/c1-11-5-4-6-15(12(11)2)22-16-9-14(7-8-19-16)10-20-17(21)13(3)18;;/h4-9,13H,10,18H2,1-3H3,(H,20,21);2*1H/t13-;;/m1../s1. The molecular formula is C17H23Cl2N3O2. The quantitative estimate of drug-likeness (QED) is 0.844. The van der Waals surface area contributed by atoms with Crippen LogP contribution in [0.15, 0.2) is 36.5 Å². The highest BCUT2D eigenvalue weighted by Crippen LogP contribution is 2.25. The number of carbonyl (C=O) groups excluding carboxylic acids is 1. The van der Waals surface area contributed by atoms with Crippen molar-refractivity contribution in [1.29, 1.82) is 0 Å². The van der Waals surface area contributed by atoms with Gasteiger partial charge < -0.3 is 15.8 Å². The molecule has 0 saturated carbocycles. The number of hydrogen-bond donors (Lipinski definition) is 2. The second-order valence-electron chi connectivity index (χ2n) is 5.31. The number of nitrogens with zero attached hydrogens (tertiary/aromatic N) is 1. The molecule has 7 heteroatoms. The van der Waals surface area contributed by atoms with Crippen molar-refractivity contribution >= 4 is 30.7 Å². The van der Waals surface area contributed by atoms with Crippen molar-refractivity contribution in [2.45, 2.75) is 33.4 Å². The van der Waals surface area contributed by atoms with Crippen LogP contribution in [0.3, 0.4) is 0 Å². The minimum absolute atomic E-state index is 0. The lowest BCUT2D eigenvalue weighted by Crippen LogP contribution is -2.37. The molecule has 2 aromatic rings. The van der Waals surface area contributed by atoms with E-state index < -0.39 is 6.04 Å². The number of halogens is 2. The van der Waals surface area contributed by atoms with Gasteiger partial charge in [0.2, 0.25) is 11.8 Å². The van der Waals surface area contributed by atoms with Gasteiger partial charge in [0.05, 0.1) is 6.04 Å². The van der Waals surface area contributed by atoms with E-state index in [-0.39, 0.29) is 30.7 Å². The summed E-state index contributed by atoms with van der Waals surface area (Å²) in [7, 11) is 0. The summed E-state index contributed by atoms with van der Waals surface area (Å²) in [5.41, 5.74) is 8.67. The second-order valence-corrected chi connectivity index (χ2v) is 5.31. The number of rotatable bonds is 5. The normalized spacial score (nSPS) is 10.8. The molecule has 1 aromatic heterocycles. The van der Waals surface area contributed by atoms with Gasteiger partial charge in [-0.2, -0.15) is 0 Å². The zero-order valence-electron chi connectivity index (χ0n) is 13.9. The first-order valence-electron chi connectivity index (χ1n) is 7.19. The summed E-state index contributed by atoms with van der Waals surface area (Å²) in [4.78, 5) is 15.7. The smallest absolute Gasteiger partial charge is 0.236 e. The predicted octanol–water partition coefficient (Wildman–Crippen LogP) is 3.30. The molecule has 1 heterocycles. The molecule has 0 fully saturated rings. The topological polar surface area (TPSA) is 77.2 Å². The van der Waals surface area contributed by atoms with Gasteiger partial charge in [0.1, 0.15) is 5.75 Å². The lowest BCUT2D eigenvalue weighted by molar-refractivity contribution is -0.122. The van der Waals surface area contributed by atoms with Crippen molar-refractivity contribution in [3.05, 3.63) is 53.2 Å². The zero-order chi connectivity index (χ0) is 16.1. The second kappa shape index (κ2) is 10.1.